The van der Waals surface area contributed by atoms with Crippen molar-refractivity contribution in [3.63, 3.8) is 0 Å². The van der Waals surface area contributed by atoms with Crippen molar-refractivity contribution in [2.24, 2.45) is 5.92 Å². The minimum atomic E-state index is -0.481. The highest BCUT2D eigenvalue weighted by Crippen LogP contribution is 2.23. The summed E-state index contributed by atoms with van der Waals surface area (Å²) >= 11 is 0. The van der Waals surface area contributed by atoms with Gasteiger partial charge in [-0.1, -0.05) is 0 Å². The van der Waals surface area contributed by atoms with E-state index < -0.39 is 5.60 Å². The Morgan fingerprint density at radius 3 is 2.44 bits per heavy atom. The number of carbonyl (C=O) groups is 2. The van der Waals surface area contributed by atoms with Gasteiger partial charge >= 0.3 is 6.09 Å². The number of hydrogen-bond donors (Lipinski definition) is 1. The van der Waals surface area contributed by atoms with Crippen molar-refractivity contribution < 1.29 is 14.3 Å². The first-order valence-corrected chi connectivity index (χ1v) is 6.63. The molecule has 1 aliphatic heterocycles. The van der Waals surface area contributed by atoms with E-state index in [1.54, 1.807) is 4.90 Å². The maximum absolute atomic E-state index is 11.9. The molecule has 2 amide bonds. The highest BCUT2D eigenvalue weighted by Gasteiger charge is 2.35. The smallest absolute Gasteiger partial charge is 0.410 e. The van der Waals surface area contributed by atoms with E-state index in [0.29, 0.717) is 19.1 Å². The molecule has 1 heterocycles. The maximum Gasteiger partial charge on any atom is 0.410 e. The van der Waals surface area contributed by atoms with Crippen molar-refractivity contribution in [3.05, 3.63) is 0 Å². The molecule has 1 unspecified atom stereocenters. The van der Waals surface area contributed by atoms with Gasteiger partial charge in [0.25, 0.3) is 0 Å². The Morgan fingerprint density at radius 1 is 1.22 bits per heavy atom. The third-order valence-corrected chi connectivity index (χ3v) is 3.13. The lowest BCUT2D eigenvalue weighted by Crippen LogP contribution is -2.38. The Bertz CT molecular complexity index is 345. The van der Waals surface area contributed by atoms with E-state index in [0.717, 1.165) is 19.3 Å². The van der Waals surface area contributed by atoms with Gasteiger partial charge in [-0.2, -0.15) is 0 Å². The minimum Gasteiger partial charge on any atom is -0.444 e. The van der Waals surface area contributed by atoms with E-state index in [-0.39, 0.29) is 17.9 Å². The normalized spacial score (nSPS) is 23.9. The fourth-order valence-electron chi connectivity index (χ4n) is 2.01. The molecule has 0 spiro atoms. The summed E-state index contributed by atoms with van der Waals surface area (Å²) < 4.78 is 5.30. The summed E-state index contributed by atoms with van der Waals surface area (Å²) in [6, 6.07) is 0.382. The minimum absolute atomic E-state index is 0.0712. The predicted molar refractivity (Wildman–Crippen MR) is 67.1 cm³/mol. The number of amides is 2. The predicted octanol–water partition coefficient (Wildman–Crippen LogP) is 1.52. The summed E-state index contributed by atoms with van der Waals surface area (Å²) in [6.07, 6.45) is 2.60. The largest absolute Gasteiger partial charge is 0.444 e. The summed E-state index contributed by atoms with van der Waals surface area (Å²) in [5.74, 6) is 0.0154. The van der Waals surface area contributed by atoms with Crippen LogP contribution in [0.1, 0.15) is 40.0 Å². The van der Waals surface area contributed by atoms with Gasteiger partial charge in [0.05, 0.1) is 5.92 Å². The number of likely N-dealkylation sites (tertiary alicyclic amines) is 1. The molecule has 18 heavy (non-hydrogen) atoms. The second kappa shape index (κ2) is 4.78. The van der Waals surface area contributed by atoms with Crippen LogP contribution in [0.25, 0.3) is 0 Å². The third-order valence-electron chi connectivity index (χ3n) is 3.13. The number of nitrogens with zero attached hydrogens (tertiary/aromatic N) is 1. The summed E-state index contributed by atoms with van der Waals surface area (Å²) in [5, 5.41) is 2.99. The Labute approximate surface area is 108 Å². The molecular formula is C13H22N2O3. The average Bonchev–Trinajstić information content (AvgIpc) is 2.91. The van der Waals surface area contributed by atoms with Crippen LogP contribution in [-0.2, 0) is 9.53 Å². The zero-order valence-corrected chi connectivity index (χ0v) is 11.4. The molecule has 5 nitrogen and oxygen atoms in total. The van der Waals surface area contributed by atoms with E-state index in [9.17, 15) is 9.59 Å². The number of hydrogen-bond acceptors (Lipinski definition) is 3. The number of nitrogens with one attached hydrogen (secondary N) is 1. The molecule has 102 valence electrons. The maximum atomic E-state index is 11.9. The van der Waals surface area contributed by atoms with Crippen molar-refractivity contribution in [2.75, 3.05) is 13.1 Å². The first kappa shape index (κ1) is 13.2. The molecule has 0 aromatic carbocycles. The van der Waals surface area contributed by atoms with Crippen LogP contribution in [0, 0.1) is 5.92 Å². The van der Waals surface area contributed by atoms with Crippen LogP contribution in [0.3, 0.4) is 0 Å². The van der Waals surface area contributed by atoms with Gasteiger partial charge in [0.15, 0.2) is 0 Å². The van der Waals surface area contributed by atoms with Gasteiger partial charge in [0.2, 0.25) is 5.91 Å². The average molecular weight is 254 g/mol. The lowest BCUT2D eigenvalue weighted by molar-refractivity contribution is -0.124. The number of carbonyl (C=O) groups excluding carboxylic acids is 2. The van der Waals surface area contributed by atoms with Crippen molar-refractivity contribution in [2.45, 2.75) is 51.7 Å². The molecular weight excluding hydrogens is 232 g/mol. The Hall–Kier alpha value is -1.26. The van der Waals surface area contributed by atoms with Crippen LogP contribution in [0.15, 0.2) is 0 Å². The first-order chi connectivity index (χ1) is 8.35. The van der Waals surface area contributed by atoms with Gasteiger partial charge in [-0.15, -0.1) is 0 Å². The topological polar surface area (TPSA) is 58.6 Å². The Balaban J connectivity index is 1.80. The molecule has 2 fully saturated rings. The quantitative estimate of drug-likeness (QED) is 0.813. The van der Waals surface area contributed by atoms with E-state index in [4.69, 9.17) is 4.74 Å². The zero-order chi connectivity index (χ0) is 13.3. The van der Waals surface area contributed by atoms with E-state index in [1.165, 1.54) is 0 Å². The second-order valence-corrected chi connectivity index (χ2v) is 6.19. The molecule has 2 aliphatic rings. The SMILES string of the molecule is CC(C)(C)OC(=O)N1CCC(C(=O)NC2CC2)C1. The molecule has 1 N–H and O–H groups in total. The van der Waals surface area contributed by atoms with Crippen LogP contribution >= 0.6 is 0 Å². The van der Waals surface area contributed by atoms with Crippen molar-refractivity contribution >= 4 is 12.0 Å². The number of rotatable bonds is 2. The monoisotopic (exact) mass is 254 g/mol. The molecule has 0 aromatic rings. The van der Waals surface area contributed by atoms with Crippen LogP contribution in [0.5, 0.6) is 0 Å². The second-order valence-electron chi connectivity index (χ2n) is 6.19. The lowest BCUT2D eigenvalue weighted by atomic mass is 10.1. The van der Waals surface area contributed by atoms with Gasteiger partial charge in [-0.05, 0) is 40.0 Å². The summed E-state index contributed by atoms with van der Waals surface area (Å²) in [6.45, 7) is 6.62. The van der Waals surface area contributed by atoms with E-state index in [2.05, 4.69) is 5.32 Å². The Kier molecular flexibility index (Phi) is 3.50. The van der Waals surface area contributed by atoms with Crippen LogP contribution in [0.2, 0.25) is 0 Å². The van der Waals surface area contributed by atoms with Gasteiger partial charge < -0.3 is 15.0 Å². The fraction of sp³-hybridized carbons (Fsp3) is 0.846. The third kappa shape index (κ3) is 3.62. The molecule has 5 heteroatoms. The van der Waals surface area contributed by atoms with Crippen LogP contribution in [-0.4, -0.2) is 41.6 Å². The van der Waals surface area contributed by atoms with Crippen molar-refractivity contribution in [1.29, 1.82) is 0 Å². The molecule has 2 rings (SSSR count). The zero-order valence-electron chi connectivity index (χ0n) is 11.4. The van der Waals surface area contributed by atoms with E-state index in [1.807, 2.05) is 20.8 Å². The van der Waals surface area contributed by atoms with Gasteiger partial charge in [0.1, 0.15) is 5.60 Å². The summed E-state index contributed by atoms with van der Waals surface area (Å²) in [5.41, 5.74) is -0.481. The molecule has 1 aliphatic carbocycles. The number of ether oxygens (including phenoxy) is 1. The van der Waals surface area contributed by atoms with Crippen LogP contribution in [0.4, 0.5) is 4.79 Å². The fourth-order valence-corrected chi connectivity index (χ4v) is 2.01. The van der Waals surface area contributed by atoms with Crippen molar-refractivity contribution in [3.8, 4) is 0 Å². The summed E-state index contributed by atoms with van der Waals surface area (Å²) in [7, 11) is 0. The lowest BCUT2D eigenvalue weighted by Gasteiger charge is -2.24. The highest BCUT2D eigenvalue weighted by atomic mass is 16.6. The standard InChI is InChI=1S/C13H22N2O3/c1-13(2,3)18-12(17)15-7-6-9(8-15)11(16)14-10-4-5-10/h9-10H,4-8H2,1-3H3,(H,14,16). The molecule has 1 saturated heterocycles. The Morgan fingerprint density at radius 2 is 1.89 bits per heavy atom. The van der Waals surface area contributed by atoms with E-state index >= 15 is 0 Å². The molecule has 0 aromatic heterocycles. The first-order valence-electron chi connectivity index (χ1n) is 6.63. The van der Waals surface area contributed by atoms with Gasteiger partial charge in [0, 0.05) is 19.1 Å². The molecule has 1 atom stereocenters. The van der Waals surface area contributed by atoms with Crippen LogP contribution < -0.4 is 5.32 Å². The summed E-state index contributed by atoms with van der Waals surface area (Å²) in [4.78, 5) is 25.3. The van der Waals surface area contributed by atoms with Crippen molar-refractivity contribution in [1.82, 2.24) is 10.2 Å². The molecule has 0 bridgehead atoms. The molecule has 0 radical (unpaired) electrons. The molecule has 1 saturated carbocycles. The highest BCUT2D eigenvalue weighted by molar-refractivity contribution is 5.81. The van der Waals surface area contributed by atoms with Gasteiger partial charge in [-0.25, -0.2) is 4.79 Å². The van der Waals surface area contributed by atoms with Gasteiger partial charge in [-0.3, -0.25) is 4.79 Å².